The van der Waals surface area contributed by atoms with Gasteiger partial charge in [0, 0.05) is 17.6 Å². The van der Waals surface area contributed by atoms with E-state index >= 15 is 0 Å². The first-order valence-corrected chi connectivity index (χ1v) is 7.95. The Kier molecular flexibility index (Phi) is 3.77. The first-order chi connectivity index (χ1) is 12.2. The van der Waals surface area contributed by atoms with Crippen molar-refractivity contribution in [1.29, 1.82) is 5.26 Å². The summed E-state index contributed by atoms with van der Waals surface area (Å²) < 4.78 is 0. The summed E-state index contributed by atoms with van der Waals surface area (Å²) in [5.74, 6) is 0.838. The van der Waals surface area contributed by atoms with Crippen molar-refractivity contribution in [1.82, 2.24) is 15.4 Å². The molecule has 2 N–H and O–H groups in total. The van der Waals surface area contributed by atoms with Gasteiger partial charge < -0.3 is 5.32 Å². The van der Waals surface area contributed by atoms with Crippen LogP contribution in [0.15, 0.2) is 65.8 Å². The number of aromatic nitrogens is 1. The average molecular weight is 328 g/mol. The van der Waals surface area contributed by atoms with Gasteiger partial charge in [-0.15, -0.1) is 0 Å². The van der Waals surface area contributed by atoms with E-state index < -0.39 is 0 Å². The van der Waals surface area contributed by atoms with Crippen LogP contribution < -0.4 is 10.7 Å². The minimum absolute atomic E-state index is 0.263. The maximum atomic E-state index is 8.95. The van der Waals surface area contributed by atoms with E-state index in [9.17, 15) is 0 Å². The van der Waals surface area contributed by atoms with E-state index in [4.69, 9.17) is 5.26 Å². The van der Waals surface area contributed by atoms with Gasteiger partial charge in [-0.25, -0.2) is 4.99 Å². The van der Waals surface area contributed by atoms with Crippen LogP contribution in [-0.2, 0) is 0 Å². The Morgan fingerprint density at radius 3 is 2.84 bits per heavy atom. The molecule has 0 saturated heterocycles. The van der Waals surface area contributed by atoms with E-state index in [1.54, 1.807) is 6.20 Å². The first kappa shape index (κ1) is 15.1. The van der Waals surface area contributed by atoms with Gasteiger partial charge in [0.15, 0.2) is 6.29 Å². The van der Waals surface area contributed by atoms with Crippen molar-refractivity contribution in [2.45, 2.75) is 13.2 Å². The molecule has 1 aromatic heterocycles. The van der Waals surface area contributed by atoms with Crippen LogP contribution in [0.3, 0.4) is 0 Å². The fourth-order valence-electron chi connectivity index (χ4n) is 2.82. The molecule has 3 heterocycles. The van der Waals surface area contributed by atoms with Crippen molar-refractivity contribution in [3.8, 4) is 6.07 Å². The van der Waals surface area contributed by atoms with E-state index in [1.807, 2.05) is 66.6 Å². The molecule has 2 aromatic rings. The lowest BCUT2D eigenvalue weighted by molar-refractivity contribution is 0.418. The van der Waals surface area contributed by atoms with Gasteiger partial charge >= 0.3 is 0 Å². The molecule has 0 saturated carbocycles. The van der Waals surface area contributed by atoms with Crippen LogP contribution in [0.25, 0.3) is 5.70 Å². The molecule has 0 spiro atoms. The van der Waals surface area contributed by atoms with Gasteiger partial charge in [0.1, 0.15) is 5.84 Å². The molecule has 2 aliphatic rings. The molecule has 1 atom stereocenters. The number of anilines is 1. The Bertz CT molecular complexity index is 933. The van der Waals surface area contributed by atoms with Gasteiger partial charge in [-0.05, 0) is 48.9 Å². The number of allylic oxidation sites excluding steroid dienone is 2. The number of fused-ring (bicyclic) bond motifs is 1. The molecule has 0 amide bonds. The highest BCUT2D eigenvalue weighted by Gasteiger charge is 2.27. The summed E-state index contributed by atoms with van der Waals surface area (Å²) in [5.41, 5.74) is 7.91. The first-order valence-electron chi connectivity index (χ1n) is 7.95. The summed E-state index contributed by atoms with van der Waals surface area (Å²) in [6.45, 7) is 1.96. The zero-order valence-corrected chi connectivity index (χ0v) is 13.6. The number of hydrogen-bond donors (Lipinski definition) is 2. The molecule has 0 bridgehead atoms. The van der Waals surface area contributed by atoms with Crippen LogP contribution in [0.2, 0.25) is 0 Å². The SMILES string of the molecule is Cc1cc(NC2N=C3C=CC=C(c4ccc(C#N)cc4)N3N2)ccn1. The Labute approximate surface area is 145 Å². The molecule has 1 unspecified atom stereocenters. The van der Waals surface area contributed by atoms with Gasteiger partial charge in [0.05, 0.1) is 17.3 Å². The highest BCUT2D eigenvalue weighted by atomic mass is 15.6. The van der Waals surface area contributed by atoms with E-state index in [0.717, 1.165) is 28.5 Å². The zero-order valence-electron chi connectivity index (χ0n) is 13.6. The fourth-order valence-corrected chi connectivity index (χ4v) is 2.82. The van der Waals surface area contributed by atoms with Crippen molar-refractivity contribution < 1.29 is 0 Å². The van der Waals surface area contributed by atoms with Gasteiger partial charge in [-0.3, -0.25) is 9.99 Å². The number of nitrogens with zero attached hydrogens (tertiary/aromatic N) is 4. The number of benzene rings is 1. The van der Waals surface area contributed by atoms with E-state index in [2.05, 4.69) is 26.8 Å². The molecular weight excluding hydrogens is 312 g/mol. The van der Waals surface area contributed by atoms with Crippen LogP contribution in [-0.4, -0.2) is 22.1 Å². The highest BCUT2D eigenvalue weighted by Crippen LogP contribution is 2.25. The number of amidine groups is 1. The van der Waals surface area contributed by atoms with Gasteiger partial charge in [0.2, 0.25) is 0 Å². The molecule has 4 rings (SSSR count). The summed E-state index contributed by atoms with van der Waals surface area (Å²) in [4.78, 5) is 8.87. The van der Waals surface area contributed by atoms with Gasteiger partial charge in [-0.2, -0.15) is 10.7 Å². The molecule has 0 fully saturated rings. The third kappa shape index (κ3) is 3.01. The Morgan fingerprint density at radius 2 is 2.08 bits per heavy atom. The molecule has 0 radical (unpaired) electrons. The maximum Gasteiger partial charge on any atom is 0.193 e. The van der Waals surface area contributed by atoms with Crippen molar-refractivity contribution >= 4 is 17.2 Å². The smallest absolute Gasteiger partial charge is 0.193 e. The van der Waals surface area contributed by atoms with Crippen molar-refractivity contribution in [2.75, 3.05) is 5.32 Å². The number of hydrazine groups is 1. The lowest BCUT2D eigenvalue weighted by Gasteiger charge is -2.25. The van der Waals surface area contributed by atoms with Crippen molar-refractivity contribution in [3.63, 3.8) is 0 Å². The standard InChI is InChI=1S/C19H16N6/c1-13-11-16(9-10-21-13)22-19-23-18-4-2-3-17(25(18)24-19)15-7-5-14(12-20)6-8-15/h2-11,19,24H,1H3,(H,21,22). The maximum absolute atomic E-state index is 8.95. The highest BCUT2D eigenvalue weighted by molar-refractivity contribution is 6.02. The second kappa shape index (κ2) is 6.23. The Balaban J connectivity index is 1.55. The van der Waals surface area contributed by atoms with Crippen LogP contribution in [0, 0.1) is 18.3 Å². The van der Waals surface area contributed by atoms with Crippen LogP contribution in [0.5, 0.6) is 0 Å². The van der Waals surface area contributed by atoms with E-state index in [-0.39, 0.29) is 6.29 Å². The second-order valence-corrected chi connectivity index (χ2v) is 5.78. The van der Waals surface area contributed by atoms with Crippen LogP contribution >= 0.6 is 0 Å². The van der Waals surface area contributed by atoms with Crippen LogP contribution in [0.1, 0.15) is 16.8 Å². The molecule has 6 nitrogen and oxygen atoms in total. The quantitative estimate of drug-likeness (QED) is 0.906. The minimum atomic E-state index is -0.263. The average Bonchev–Trinajstić information content (AvgIpc) is 3.04. The largest absolute Gasteiger partial charge is 0.350 e. The number of rotatable bonds is 3. The molecule has 6 heteroatoms. The predicted octanol–water partition coefficient (Wildman–Crippen LogP) is 2.79. The summed E-state index contributed by atoms with van der Waals surface area (Å²) >= 11 is 0. The lowest BCUT2D eigenvalue weighted by Crippen LogP contribution is -2.42. The zero-order chi connectivity index (χ0) is 17.2. The summed E-state index contributed by atoms with van der Waals surface area (Å²) in [6.07, 6.45) is 7.46. The molecule has 122 valence electrons. The lowest BCUT2D eigenvalue weighted by atomic mass is 10.1. The summed E-state index contributed by atoms with van der Waals surface area (Å²) in [5, 5.41) is 14.2. The van der Waals surface area contributed by atoms with Gasteiger partial charge in [-0.1, -0.05) is 18.2 Å². The number of nitrogens with one attached hydrogen (secondary N) is 2. The van der Waals surface area contributed by atoms with Gasteiger partial charge in [0.25, 0.3) is 0 Å². The number of hydrogen-bond acceptors (Lipinski definition) is 6. The minimum Gasteiger partial charge on any atom is -0.350 e. The third-order valence-electron chi connectivity index (χ3n) is 3.99. The molecular formula is C19H16N6. The summed E-state index contributed by atoms with van der Waals surface area (Å²) in [7, 11) is 0. The number of nitriles is 1. The van der Waals surface area contributed by atoms with Crippen LogP contribution in [0.4, 0.5) is 5.69 Å². The molecule has 2 aliphatic heterocycles. The topological polar surface area (TPSA) is 76.3 Å². The number of aliphatic imine (C=N–C) groups is 1. The van der Waals surface area contributed by atoms with Crippen molar-refractivity contribution in [3.05, 3.63) is 77.6 Å². The Hall–Kier alpha value is -3.43. The normalized spacial score (nSPS) is 18.2. The second-order valence-electron chi connectivity index (χ2n) is 5.78. The monoisotopic (exact) mass is 328 g/mol. The molecule has 1 aromatic carbocycles. The predicted molar refractivity (Wildman–Crippen MR) is 97.1 cm³/mol. The number of pyridine rings is 1. The third-order valence-corrected chi connectivity index (χ3v) is 3.99. The van der Waals surface area contributed by atoms with Crippen molar-refractivity contribution in [2.24, 2.45) is 4.99 Å². The fraction of sp³-hybridized carbons (Fsp3) is 0.105. The molecule has 25 heavy (non-hydrogen) atoms. The number of aryl methyl sites for hydroxylation is 1. The Morgan fingerprint density at radius 1 is 1.24 bits per heavy atom. The van der Waals surface area contributed by atoms with E-state index in [1.165, 1.54) is 0 Å². The van der Waals surface area contributed by atoms with E-state index in [0.29, 0.717) is 5.56 Å². The molecule has 0 aliphatic carbocycles. The summed E-state index contributed by atoms with van der Waals surface area (Å²) in [6, 6.07) is 13.5.